The molecule has 0 bridgehead atoms. The number of aromatic amines is 1. The maximum Gasteiger partial charge on any atom is 0.155 e. The first-order valence-electron chi connectivity index (χ1n) is 8.95. The first-order chi connectivity index (χ1) is 12.8. The predicted octanol–water partition coefficient (Wildman–Crippen LogP) is 4.13. The maximum atomic E-state index is 13.4. The van der Waals surface area contributed by atoms with Crippen molar-refractivity contribution in [3.63, 3.8) is 0 Å². The average molecular weight is 345 g/mol. The lowest BCUT2D eigenvalue weighted by Gasteiger charge is -2.14. The van der Waals surface area contributed by atoms with Gasteiger partial charge in [-0.25, -0.2) is 9.37 Å². The second-order valence-corrected chi connectivity index (χ2v) is 7.21. The molecule has 6 rings (SSSR count). The molecule has 1 saturated carbocycles. The fourth-order valence-electron chi connectivity index (χ4n) is 4.31. The summed E-state index contributed by atoms with van der Waals surface area (Å²) in [4.78, 5) is 4.37. The Morgan fingerprint density at radius 2 is 2.04 bits per heavy atom. The van der Waals surface area contributed by atoms with Crippen LogP contribution in [0, 0.1) is 11.7 Å². The van der Waals surface area contributed by atoms with Crippen LogP contribution in [-0.4, -0.2) is 25.0 Å². The minimum atomic E-state index is -0.234. The lowest BCUT2D eigenvalue weighted by Crippen LogP contribution is -2.10. The van der Waals surface area contributed by atoms with Crippen LogP contribution in [0.4, 0.5) is 4.39 Å². The molecule has 4 heterocycles. The van der Waals surface area contributed by atoms with Gasteiger partial charge >= 0.3 is 0 Å². The summed E-state index contributed by atoms with van der Waals surface area (Å²) in [5, 5.41) is 13.1. The van der Waals surface area contributed by atoms with Crippen LogP contribution in [0.5, 0.6) is 0 Å². The molecule has 2 atom stereocenters. The van der Waals surface area contributed by atoms with Gasteiger partial charge in [0.25, 0.3) is 0 Å². The van der Waals surface area contributed by atoms with Crippen molar-refractivity contribution in [3.05, 3.63) is 54.2 Å². The Labute approximate surface area is 148 Å². The van der Waals surface area contributed by atoms with Crippen LogP contribution in [0.15, 0.2) is 42.7 Å². The van der Waals surface area contributed by atoms with E-state index in [2.05, 4.69) is 19.9 Å². The first kappa shape index (κ1) is 14.2. The van der Waals surface area contributed by atoms with Crippen molar-refractivity contribution in [1.29, 1.82) is 0 Å². The largest absolute Gasteiger partial charge is 0.265 e. The van der Waals surface area contributed by atoms with Crippen molar-refractivity contribution in [1.82, 2.24) is 25.0 Å². The third-order valence-corrected chi connectivity index (χ3v) is 5.70. The van der Waals surface area contributed by atoms with Crippen LogP contribution in [0.2, 0.25) is 0 Å². The quantitative estimate of drug-likeness (QED) is 0.594. The standard InChI is InChI=1S/C20H16FN5/c21-13-4-1-11(2-5-13)19-18(14-7-8-22-20-15(14)10-23-24-20)16-6-3-12-9-17(12)26(16)25-19/h1-2,4-5,7-8,10,12,17H,3,6,9H2,(H,22,23,24)/t12-,17+/m0/s1. The SMILES string of the molecule is Fc1ccc(-c2nn3c(c2-c2ccnc4[nH]ncc24)CC[C@H]2C[C@H]23)cc1. The first-order valence-corrected chi connectivity index (χ1v) is 8.95. The van der Waals surface area contributed by atoms with Crippen molar-refractivity contribution in [2.75, 3.05) is 0 Å². The van der Waals surface area contributed by atoms with Crippen LogP contribution >= 0.6 is 0 Å². The van der Waals surface area contributed by atoms with Crippen LogP contribution in [-0.2, 0) is 6.42 Å². The van der Waals surface area contributed by atoms with Gasteiger partial charge in [0.15, 0.2) is 5.65 Å². The summed E-state index contributed by atoms with van der Waals surface area (Å²) < 4.78 is 15.7. The molecular formula is C20H16FN5. The summed E-state index contributed by atoms with van der Waals surface area (Å²) in [7, 11) is 0. The maximum absolute atomic E-state index is 13.4. The van der Waals surface area contributed by atoms with Gasteiger partial charge in [-0.3, -0.25) is 9.78 Å². The molecule has 0 radical (unpaired) electrons. The zero-order valence-electron chi connectivity index (χ0n) is 14.0. The van der Waals surface area contributed by atoms with Crippen molar-refractivity contribution in [2.45, 2.75) is 25.3 Å². The van der Waals surface area contributed by atoms with E-state index in [1.807, 2.05) is 24.4 Å². The van der Waals surface area contributed by atoms with E-state index in [0.29, 0.717) is 6.04 Å². The molecule has 1 aromatic carbocycles. The number of halogens is 1. The Balaban J connectivity index is 1.66. The Morgan fingerprint density at radius 1 is 1.15 bits per heavy atom. The van der Waals surface area contributed by atoms with Gasteiger partial charge in [0.2, 0.25) is 0 Å². The fourth-order valence-corrected chi connectivity index (χ4v) is 4.31. The summed E-state index contributed by atoms with van der Waals surface area (Å²) in [5.74, 6) is 0.533. The summed E-state index contributed by atoms with van der Waals surface area (Å²) in [6, 6.07) is 9.17. The monoisotopic (exact) mass is 345 g/mol. The van der Waals surface area contributed by atoms with Gasteiger partial charge in [-0.1, -0.05) is 0 Å². The van der Waals surface area contributed by atoms with E-state index < -0.39 is 0 Å². The van der Waals surface area contributed by atoms with Gasteiger partial charge in [-0.05, 0) is 61.1 Å². The Kier molecular flexibility index (Phi) is 2.73. The lowest BCUT2D eigenvalue weighted by atomic mass is 9.95. The number of hydrogen-bond donors (Lipinski definition) is 1. The summed E-state index contributed by atoms with van der Waals surface area (Å²) in [5.41, 5.74) is 6.12. The number of H-pyrrole nitrogens is 1. The molecule has 0 spiro atoms. The van der Waals surface area contributed by atoms with E-state index in [0.717, 1.165) is 45.8 Å². The molecule has 0 saturated heterocycles. The molecular weight excluding hydrogens is 329 g/mol. The fraction of sp³-hybridized carbons (Fsp3) is 0.250. The summed E-state index contributed by atoms with van der Waals surface area (Å²) in [6.45, 7) is 0. The van der Waals surface area contributed by atoms with E-state index in [1.54, 1.807) is 6.20 Å². The van der Waals surface area contributed by atoms with Gasteiger partial charge in [0.05, 0.1) is 12.2 Å². The van der Waals surface area contributed by atoms with Gasteiger partial charge in [0.1, 0.15) is 11.5 Å². The van der Waals surface area contributed by atoms with Crippen molar-refractivity contribution in [2.24, 2.45) is 5.92 Å². The summed E-state index contributed by atoms with van der Waals surface area (Å²) >= 11 is 0. The third-order valence-electron chi connectivity index (χ3n) is 5.70. The Bertz CT molecular complexity index is 1140. The highest BCUT2D eigenvalue weighted by Gasteiger charge is 2.44. The number of pyridine rings is 1. The van der Waals surface area contributed by atoms with Gasteiger partial charge in [0, 0.05) is 28.4 Å². The minimum absolute atomic E-state index is 0.234. The molecule has 1 fully saturated rings. The minimum Gasteiger partial charge on any atom is -0.265 e. The average Bonchev–Trinajstić information content (AvgIpc) is 3.12. The van der Waals surface area contributed by atoms with Gasteiger partial charge < -0.3 is 0 Å². The molecule has 3 aromatic heterocycles. The number of aromatic nitrogens is 5. The number of nitrogens with one attached hydrogen (secondary N) is 1. The highest BCUT2D eigenvalue weighted by atomic mass is 19.1. The second kappa shape index (κ2) is 5.00. The molecule has 4 aromatic rings. The molecule has 0 unspecified atom stereocenters. The van der Waals surface area contributed by atoms with E-state index in [1.165, 1.54) is 30.7 Å². The van der Waals surface area contributed by atoms with E-state index >= 15 is 0 Å². The molecule has 1 N–H and O–H groups in total. The zero-order valence-corrected chi connectivity index (χ0v) is 14.0. The van der Waals surface area contributed by atoms with Gasteiger partial charge in [-0.2, -0.15) is 10.2 Å². The van der Waals surface area contributed by atoms with Crippen molar-refractivity contribution < 1.29 is 4.39 Å². The lowest BCUT2D eigenvalue weighted by molar-refractivity contribution is 0.494. The number of hydrogen-bond acceptors (Lipinski definition) is 3. The van der Waals surface area contributed by atoms with E-state index in [4.69, 9.17) is 5.10 Å². The predicted molar refractivity (Wildman–Crippen MR) is 96.0 cm³/mol. The number of rotatable bonds is 2. The van der Waals surface area contributed by atoms with Crippen LogP contribution in [0.1, 0.15) is 24.6 Å². The second-order valence-electron chi connectivity index (χ2n) is 7.21. The molecule has 1 aliphatic heterocycles. The molecule has 26 heavy (non-hydrogen) atoms. The van der Waals surface area contributed by atoms with Crippen LogP contribution in [0.25, 0.3) is 33.4 Å². The highest BCUT2D eigenvalue weighted by Crippen LogP contribution is 2.53. The van der Waals surface area contributed by atoms with Crippen molar-refractivity contribution >= 4 is 11.0 Å². The smallest absolute Gasteiger partial charge is 0.155 e. The molecule has 5 nitrogen and oxygen atoms in total. The molecule has 2 aliphatic rings. The number of fused-ring (bicyclic) bond motifs is 4. The molecule has 1 aliphatic carbocycles. The zero-order chi connectivity index (χ0) is 17.3. The van der Waals surface area contributed by atoms with Crippen LogP contribution in [0.3, 0.4) is 0 Å². The van der Waals surface area contributed by atoms with E-state index in [-0.39, 0.29) is 5.82 Å². The normalized spacial score (nSPS) is 20.8. The highest BCUT2D eigenvalue weighted by molar-refractivity contribution is 5.97. The number of benzene rings is 1. The van der Waals surface area contributed by atoms with Crippen molar-refractivity contribution in [3.8, 4) is 22.4 Å². The Hall–Kier alpha value is -3.02. The third kappa shape index (κ3) is 1.92. The van der Waals surface area contributed by atoms with Gasteiger partial charge in [-0.15, -0.1) is 0 Å². The molecule has 0 amide bonds. The number of nitrogens with zero attached hydrogens (tertiary/aromatic N) is 4. The van der Waals surface area contributed by atoms with Crippen LogP contribution < -0.4 is 0 Å². The molecule has 6 heteroatoms. The Morgan fingerprint density at radius 3 is 2.92 bits per heavy atom. The molecule has 128 valence electrons. The topological polar surface area (TPSA) is 59.4 Å². The summed E-state index contributed by atoms with van der Waals surface area (Å²) in [6.07, 6.45) is 7.07. The van der Waals surface area contributed by atoms with E-state index in [9.17, 15) is 4.39 Å².